The van der Waals surface area contributed by atoms with Gasteiger partial charge in [-0.15, -0.1) is 11.8 Å². The molecule has 2 unspecified atom stereocenters. The summed E-state index contributed by atoms with van der Waals surface area (Å²) < 4.78 is 11.4. The lowest BCUT2D eigenvalue weighted by molar-refractivity contribution is -0.138. The Bertz CT molecular complexity index is 592. The highest BCUT2D eigenvalue weighted by Gasteiger charge is 2.30. The maximum absolute atomic E-state index is 11.1. The van der Waals surface area contributed by atoms with Crippen LogP contribution in [0.3, 0.4) is 0 Å². The van der Waals surface area contributed by atoms with Gasteiger partial charge in [0.1, 0.15) is 12.6 Å². The van der Waals surface area contributed by atoms with Crippen LogP contribution in [0.15, 0.2) is 18.2 Å². The van der Waals surface area contributed by atoms with Crippen LogP contribution in [0.4, 0.5) is 0 Å². The molecule has 2 saturated heterocycles. The number of methoxy groups -OCH3 is 1. The summed E-state index contributed by atoms with van der Waals surface area (Å²) in [6.07, 6.45) is 3.89. The van der Waals surface area contributed by atoms with Crippen LogP contribution in [0, 0.1) is 0 Å². The molecule has 2 fully saturated rings. The van der Waals surface area contributed by atoms with Crippen LogP contribution in [-0.4, -0.2) is 61.1 Å². The fourth-order valence-corrected chi connectivity index (χ4v) is 4.46. The Morgan fingerprint density at radius 2 is 2.12 bits per heavy atom. The molecule has 0 aliphatic carbocycles. The van der Waals surface area contributed by atoms with Gasteiger partial charge in [0.15, 0.2) is 11.5 Å². The van der Waals surface area contributed by atoms with Crippen LogP contribution >= 0.6 is 11.8 Å². The van der Waals surface area contributed by atoms with E-state index in [1.807, 2.05) is 18.2 Å². The van der Waals surface area contributed by atoms with Gasteiger partial charge in [-0.3, -0.25) is 15.0 Å². The lowest BCUT2D eigenvalue weighted by Gasteiger charge is -2.26. The Balaban J connectivity index is 1.57. The van der Waals surface area contributed by atoms with Crippen molar-refractivity contribution >= 4 is 17.7 Å². The second kappa shape index (κ2) is 8.78. The Hall–Kier alpha value is -1.44. The predicted octanol–water partition coefficient (Wildman–Crippen LogP) is 2.35. The second-order valence-electron chi connectivity index (χ2n) is 6.43. The minimum Gasteiger partial charge on any atom is -0.493 e. The van der Waals surface area contributed by atoms with E-state index in [9.17, 15) is 4.79 Å². The molecular formula is C18H26N2O4S. The summed E-state index contributed by atoms with van der Waals surface area (Å²) in [7, 11) is 1.63. The van der Waals surface area contributed by atoms with Crippen molar-refractivity contribution in [1.29, 1.82) is 0 Å². The molecule has 2 aliphatic heterocycles. The highest BCUT2D eigenvalue weighted by Crippen LogP contribution is 2.37. The first-order valence-corrected chi connectivity index (χ1v) is 9.86. The number of carboxylic acid groups (broad SMARTS) is 1. The molecular weight excluding hydrogens is 340 g/mol. The average molecular weight is 366 g/mol. The lowest BCUT2D eigenvalue weighted by Crippen LogP contribution is -2.33. The lowest BCUT2D eigenvalue weighted by atomic mass is 10.1. The zero-order valence-corrected chi connectivity index (χ0v) is 15.4. The fraction of sp³-hybridized carbons (Fsp3) is 0.611. The highest BCUT2D eigenvalue weighted by atomic mass is 32.2. The Morgan fingerprint density at radius 3 is 2.80 bits per heavy atom. The Labute approximate surface area is 152 Å². The van der Waals surface area contributed by atoms with Gasteiger partial charge >= 0.3 is 5.97 Å². The van der Waals surface area contributed by atoms with Gasteiger partial charge in [-0.1, -0.05) is 12.5 Å². The van der Waals surface area contributed by atoms with Gasteiger partial charge < -0.3 is 14.6 Å². The molecule has 0 bridgehead atoms. The van der Waals surface area contributed by atoms with Crippen LogP contribution < -0.4 is 14.8 Å². The molecule has 138 valence electrons. The Kier molecular flexibility index (Phi) is 6.45. The molecule has 0 aromatic heterocycles. The van der Waals surface area contributed by atoms with Crippen molar-refractivity contribution in [3.8, 4) is 11.5 Å². The zero-order valence-electron chi connectivity index (χ0n) is 14.6. The number of ether oxygens (including phenoxy) is 2. The van der Waals surface area contributed by atoms with Gasteiger partial charge in [-0.2, -0.15) is 0 Å². The molecule has 7 heteroatoms. The number of hydrogen-bond donors (Lipinski definition) is 2. The van der Waals surface area contributed by atoms with E-state index in [-0.39, 0.29) is 5.37 Å². The van der Waals surface area contributed by atoms with E-state index in [0.29, 0.717) is 18.1 Å². The summed E-state index contributed by atoms with van der Waals surface area (Å²) in [5.41, 5.74) is 1.01. The van der Waals surface area contributed by atoms with Crippen LogP contribution in [0.2, 0.25) is 0 Å². The molecule has 2 atom stereocenters. The zero-order chi connectivity index (χ0) is 17.6. The van der Waals surface area contributed by atoms with Crippen molar-refractivity contribution in [2.45, 2.75) is 30.7 Å². The number of carboxylic acids is 1. The highest BCUT2D eigenvalue weighted by molar-refractivity contribution is 7.99. The molecule has 2 N–H and O–H groups in total. The molecule has 1 aromatic carbocycles. The third-order valence-electron chi connectivity index (χ3n) is 4.68. The van der Waals surface area contributed by atoms with Gasteiger partial charge in [-0.25, -0.2) is 0 Å². The Morgan fingerprint density at radius 1 is 1.32 bits per heavy atom. The SMILES string of the molecule is COc1cc(C2NC(C(=O)O)CS2)ccc1OCCN1CCCCC1. The van der Waals surface area contributed by atoms with E-state index < -0.39 is 12.0 Å². The summed E-state index contributed by atoms with van der Waals surface area (Å²) in [5.74, 6) is 1.19. The quantitative estimate of drug-likeness (QED) is 0.767. The van der Waals surface area contributed by atoms with Crippen molar-refractivity contribution in [2.24, 2.45) is 0 Å². The number of aliphatic carboxylic acids is 1. The number of rotatable bonds is 7. The third kappa shape index (κ3) is 4.80. The van der Waals surface area contributed by atoms with Crippen LogP contribution in [0.25, 0.3) is 0 Å². The van der Waals surface area contributed by atoms with Crippen molar-refractivity contribution < 1.29 is 19.4 Å². The summed E-state index contributed by atoms with van der Waals surface area (Å²) in [5, 5.41) is 12.2. The number of carbonyl (C=O) groups is 1. The van der Waals surface area contributed by atoms with Crippen LogP contribution in [0.5, 0.6) is 11.5 Å². The molecule has 2 heterocycles. The smallest absolute Gasteiger partial charge is 0.321 e. The van der Waals surface area contributed by atoms with E-state index in [4.69, 9.17) is 14.6 Å². The van der Waals surface area contributed by atoms with Gasteiger partial charge in [0.05, 0.1) is 12.5 Å². The first kappa shape index (κ1) is 18.4. The summed E-state index contributed by atoms with van der Waals surface area (Å²) in [4.78, 5) is 13.5. The molecule has 0 amide bonds. The minimum atomic E-state index is -0.806. The molecule has 0 spiro atoms. The summed E-state index contributed by atoms with van der Waals surface area (Å²) >= 11 is 1.60. The summed E-state index contributed by atoms with van der Waals surface area (Å²) in [6, 6.07) is 5.33. The number of nitrogens with one attached hydrogen (secondary N) is 1. The van der Waals surface area contributed by atoms with Gasteiger partial charge in [0, 0.05) is 12.3 Å². The molecule has 6 nitrogen and oxygen atoms in total. The topological polar surface area (TPSA) is 71.0 Å². The number of nitrogens with zero attached hydrogens (tertiary/aromatic N) is 1. The maximum atomic E-state index is 11.1. The van der Waals surface area contributed by atoms with E-state index in [1.165, 1.54) is 19.3 Å². The molecule has 1 aromatic rings. The average Bonchev–Trinajstić information content (AvgIpc) is 3.13. The monoisotopic (exact) mass is 366 g/mol. The second-order valence-corrected chi connectivity index (χ2v) is 7.57. The normalized spacial score (nSPS) is 24.2. The number of likely N-dealkylation sites (tertiary alicyclic amines) is 1. The van der Waals surface area contributed by atoms with E-state index >= 15 is 0 Å². The standard InChI is InChI=1S/C18H26N2O4S/c1-23-16-11-13(17-19-14(12-25-17)18(21)22)5-6-15(16)24-10-9-20-7-3-2-4-8-20/h5-6,11,14,17,19H,2-4,7-10,12H2,1H3,(H,21,22). The minimum absolute atomic E-state index is 0.0302. The van der Waals surface area contributed by atoms with Crippen molar-refractivity contribution in [1.82, 2.24) is 10.2 Å². The first-order valence-electron chi connectivity index (χ1n) is 8.81. The van der Waals surface area contributed by atoms with Crippen molar-refractivity contribution in [3.05, 3.63) is 23.8 Å². The number of benzene rings is 1. The number of piperidine rings is 1. The predicted molar refractivity (Wildman–Crippen MR) is 98.5 cm³/mol. The van der Waals surface area contributed by atoms with Crippen LogP contribution in [-0.2, 0) is 4.79 Å². The molecule has 25 heavy (non-hydrogen) atoms. The fourth-order valence-electron chi connectivity index (χ4n) is 3.24. The third-order valence-corrected chi connectivity index (χ3v) is 5.95. The van der Waals surface area contributed by atoms with E-state index in [0.717, 1.165) is 30.9 Å². The maximum Gasteiger partial charge on any atom is 0.321 e. The van der Waals surface area contributed by atoms with Crippen LogP contribution in [0.1, 0.15) is 30.2 Å². The largest absolute Gasteiger partial charge is 0.493 e. The molecule has 0 radical (unpaired) electrons. The number of hydrogen-bond acceptors (Lipinski definition) is 6. The van der Waals surface area contributed by atoms with Gasteiger partial charge in [-0.05, 0) is 43.6 Å². The molecule has 3 rings (SSSR count). The first-order chi connectivity index (χ1) is 12.2. The molecule has 0 saturated carbocycles. The van der Waals surface area contributed by atoms with E-state index in [2.05, 4.69) is 10.2 Å². The molecule has 2 aliphatic rings. The van der Waals surface area contributed by atoms with Gasteiger partial charge in [0.2, 0.25) is 0 Å². The summed E-state index contributed by atoms with van der Waals surface area (Å²) in [6.45, 7) is 3.90. The van der Waals surface area contributed by atoms with Gasteiger partial charge in [0.25, 0.3) is 0 Å². The number of thioether (sulfide) groups is 1. The van der Waals surface area contributed by atoms with E-state index in [1.54, 1.807) is 18.9 Å². The van der Waals surface area contributed by atoms with Crippen molar-refractivity contribution in [2.75, 3.05) is 39.1 Å². The van der Waals surface area contributed by atoms with Crippen molar-refractivity contribution in [3.63, 3.8) is 0 Å².